The van der Waals surface area contributed by atoms with Gasteiger partial charge in [-0.1, -0.05) is 30.3 Å². The third-order valence-electron chi connectivity index (χ3n) is 3.73. The van der Waals surface area contributed by atoms with E-state index in [9.17, 15) is 0 Å². The Bertz CT molecular complexity index is 560. The summed E-state index contributed by atoms with van der Waals surface area (Å²) in [6.07, 6.45) is 1.05. The highest BCUT2D eigenvalue weighted by Gasteiger charge is 2.05. The molecular formula is C18H23NO. The molecule has 0 aliphatic heterocycles. The number of methoxy groups -OCH3 is 1. The Morgan fingerprint density at radius 3 is 2.35 bits per heavy atom. The predicted molar refractivity (Wildman–Crippen MR) is 85.4 cm³/mol. The van der Waals surface area contributed by atoms with Gasteiger partial charge in [-0.05, 0) is 61.7 Å². The van der Waals surface area contributed by atoms with E-state index in [1.807, 2.05) is 13.1 Å². The minimum Gasteiger partial charge on any atom is -0.497 e. The summed E-state index contributed by atoms with van der Waals surface area (Å²) in [4.78, 5) is 0. The Hall–Kier alpha value is -1.80. The van der Waals surface area contributed by atoms with Crippen LogP contribution in [0.2, 0.25) is 0 Å². The largest absolute Gasteiger partial charge is 0.497 e. The van der Waals surface area contributed by atoms with Crippen LogP contribution in [-0.2, 0) is 6.42 Å². The van der Waals surface area contributed by atoms with Gasteiger partial charge in [-0.25, -0.2) is 0 Å². The van der Waals surface area contributed by atoms with Gasteiger partial charge >= 0.3 is 0 Å². The van der Waals surface area contributed by atoms with E-state index in [4.69, 9.17) is 4.74 Å². The molecule has 1 atom stereocenters. The van der Waals surface area contributed by atoms with Crippen molar-refractivity contribution in [2.45, 2.75) is 26.3 Å². The van der Waals surface area contributed by atoms with Gasteiger partial charge in [0, 0.05) is 6.04 Å². The van der Waals surface area contributed by atoms with Gasteiger partial charge in [0.05, 0.1) is 7.11 Å². The first-order chi connectivity index (χ1) is 9.63. The maximum absolute atomic E-state index is 5.25. The normalized spacial score (nSPS) is 12.2. The molecule has 0 radical (unpaired) electrons. The fourth-order valence-electron chi connectivity index (χ4n) is 2.36. The molecule has 2 nitrogen and oxygen atoms in total. The van der Waals surface area contributed by atoms with Crippen LogP contribution in [0.5, 0.6) is 5.75 Å². The Morgan fingerprint density at radius 1 is 1.10 bits per heavy atom. The van der Waals surface area contributed by atoms with E-state index in [2.05, 4.69) is 55.6 Å². The molecule has 0 aliphatic rings. The molecule has 2 aromatic rings. The van der Waals surface area contributed by atoms with Crippen LogP contribution in [0.4, 0.5) is 0 Å². The SMILES string of the molecule is CNC(C)Cc1ccc(-c2ccc(OC)cc2C)cc1. The van der Waals surface area contributed by atoms with E-state index in [1.54, 1.807) is 7.11 Å². The van der Waals surface area contributed by atoms with Crippen LogP contribution in [0.25, 0.3) is 11.1 Å². The molecule has 0 saturated heterocycles. The van der Waals surface area contributed by atoms with E-state index in [-0.39, 0.29) is 0 Å². The van der Waals surface area contributed by atoms with E-state index in [0.717, 1.165) is 12.2 Å². The van der Waals surface area contributed by atoms with Crippen molar-refractivity contribution in [2.24, 2.45) is 0 Å². The molecule has 20 heavy (non-hydrogen) atoms. The second-order valence-electron chi connectivity index (χ2n) is 5.27. The summed E-state index contributed by atoms with van der Waals surface area (Å²) in [5, 5.41) is 3.27. The lowest BCUT2D eigenvalue weighted by atomic mass is 9.98. The van der Waals surface area contributed by atoms with Crippen LogP contribution >= 0.6 is 0 Å². The van der Waals surface area contributed by atoms with Crippen molar-refractivity contribution < 1.29 is 4.74 Å². The van der Waals surface area contributed by atoms with Crippen molar-refractivity contribution in [3.05, 3.63) is 53.6 Å². The van der Waals surface area contributed by atoms with Gasteiger partial charge in [-0.15, -0.1) is 0 Å². The Labute approximate surface area is 121 Å². The van der Waals surface area contributed by atoms with E-state index in [0.29, 0.717) is 6.04 Å². The highest BCUT2D eigenvalue weighted by molar-refractivity contribution is 5.68. The van der Waals surface area contributed by atoms with Gasteiger partial charge in [0.1, 0.15) is 5.75 Å². The van der Waals surface area contributed by atoms with Gasteiger partial charge < -0.3 is 10.1 Å². The predicted octanol–water partition coefficient (Wildman–Crippen LogP) is 3.82. The van der Waals surface area contributed by atoms with Crippen molar-refractivity contribution >= 4 is 0 Å². The molecule has 0 aliphatic carbocycles. The second kappa shape index (κ2) is 6.58. The van der Waals surface area contributed by atoms with Crippen molar-refractivity contribution in [2.75, 3.05) is 14.2 Å². The minimum atomic E-state index is 0.503. The van der Waals surface area contributed by atoms with Crippen LogP contribution in [0.15, 0.2) is 42.5 Å². The Kier molecular flexibility index (Phi) is 4.80. The van der Waals surface area contributed by atoms with Crippen LogP contribution in [0, 0.1) is 6.92 Å². The molecule has 0 spiro atoms. The van der Waals surface area contributed by atoms with E-state index < -0.39 is 0 Å². The van der Waals surface area contributed by atoms with Crippen LogP contribution in [-0.4, -0.2) is 20.2 Å². The molecule has 106 valence electrons. The molecule has 2 aromatic carbocycles. The van der Waals surface area contributed by atoms with Gasteiger partial charge in [0.15, 0.2) is 0 Å². The van der Waals surface area contributed by atoms with E-state index in [1.165, 1.54) is 22.3 Å². The standard InChI is InChI=1S/C18H23NO/c1-13-11-17(20-4)9-10-18(13)16-7-5-15(6-8-16)12-14(2)19-3/h5-11,14,19H,12H2,1-4H3. The third-order valence-corrected chi connectivity index (χ3v) is 3.73. The highest BCUT2D eigenvalue weighted by atomic mass is 16.5. The average Bonchev–Trinajstić information content (AvgIpc) is 2.48. The number of ether oxygens (including phenoxy) is 1. The average molecular weight is 269 g/mol. The summed E-state index contributed by atoms with van der Waals surface area (Å²) in [7, 11) is 3.70. The Morgan fingerprint density at radius 2 is 1.80 bits per heavy atom. The number of aryl methyl sites for hydroxylation is 1. The van der Waals surface area contributed by atoms with Gasteiger partial charge in [-0.2, -0.15) is 0 Å². The number of benzene rings is 2. The first-order valence-corrected chi connectivity index (χ1v) is 7.05. The summed E-state index contributed by atoms with van der Waals surface area (Å²) in [6, 6.07) is 15.5. The number of nitrogens with one attached hydrogen (secondary N) is 1. The highest BCUT2D eigenvalue weighted by Crippen LogP contribution is 2.27. The fourth-order valence-corrected chi connectivity index (χ4v) is 2.36. The Balaban J connectivity index is 2.21. The summed E-state index contributed by atoms with van der Waals surface area (Å²) in [5.41, 5.74) is 5.12. The second-order valence-corrected chi connectivity index (χ2v) is 5.27. The zero-order chi connectivity index (χ0) is 14.5. The summed E-state index contributed by atoms with van der Waals surface area (Å²) >= 11 is 0. The molecule has 0 amide bonds. The quantitative estimate of drug-likeness (QED) is 0.891. The minimum absolute atomic E-state index is 0.503. The van der Waals surface area contributed by atoms with Crippen LogP contribution in [0.1, 0.15) is 18.1 Å². The molecule has 2 rings (SSSR count). The lowest BCUT2D eigenvalue weighted by Gasteiger charge is -2.12. The molecule has 1 N–H and O–H groups in total. The van der Waals surface area contributed by atoms with Crippen molar-refractivity contribution in [1.82, 2.24) is 5.32 Å². The van der Waals surface area contributed by atoms with Crippen molar-refractivity contribution in [3.63, 3.8) is 0 Å². The van der Waals surface area contributed by atoms with Crippen molar-refractivity contribution in [1.29, 1.82) is 0 Å². The van der Waals surface area contributed by atoms with E-state index >= 15 is 0 Å². The summed E-state index contributed by atoms with van der Waals surface area (Å²) < 4.78 is 5.25. The lowest BCUT2D eigenvalue weighted by Crippen LogP contribution is -2.23. The third kappa shape index (κ3) is 3.40. The van der Waals surface area contributed by atoms with Crippen LogP contribution in [0.3, 0.4) is 0 Å². The number of hydrogen-bond acceptors (Lipinski definition) is 2. The topological polar surface area (TPSA) is 21.3 Å². The van der Waals surface area contributed by atoms with Gasteiger partial charge in [0.25, 0.3) is 0 Å². The van der Waals surface area contributed by atoms with Crippen molar-refractivity contribution in [3.8, 4) is 16.9 Å². The monoisotopic (exact) mass is 269 g/mol. The molecular weight excluding hydrogens is 246 g/mol. The molecule has 2 heteroatoms. The smallest absolute Gasteiger partial charge is 0.119 e. The summed E-state index contributed by atoms with van der Waals surface area (Å²) in [5.74, 6) is 0.908. The number of hydrogen-bond donors (Lipinski definition) is 1. The molecule has 1 unspecified atom stereocenters. The lowest BCUT2D eigenvalue weighted by molar-refractivity contribution is 0.414. The molecule has 0 saturated carbocycles. The van der Waals surface area contributed by atoms with Gasteiger partial charge in [0.2, 0.25) is 0 Å². The maximum Gasteiger partial charge on any atom is 0.119 e. The first kappa shape index (κ1) is 14.6. The molecule has 0 fully saturated rings. The number of rotatable bonds is 5. The fraction of sp³-hybridized carbons (Fsp3) is 0.333. The van der Waals surface area contributed by atoms with Crippen LogP contribution < -0.4 is 10.1 Å². The zero-order valence-corrected chi connectivity index (χ0v) is 12.7. The molecule has 0 bridgehead atoms. The molecule has 0 heterocycles. The first-order valence-electron chi connectivity index (χ1n) is 7.05. The molecule has 0 aromatic heterocycles. The number of likely N-dealkylation sites (N-methyl/N-ethyl adjacent to an activating group) is 1. The zero-order valence-electron chi connectivity index (χ0n) is 12.7. The maximum atomic E-state index is 5.25. The summed E-state index contributed by atoms with van der Waals surface area (Å²) in [6.45, 7) is 4.32. The van der Waals surface area contributed by atoms with Gasteiger partial charge in [-0.3, -0.25) is 0 Å².